The number of ether oxygens (including phenoxy) is 1. The van der Waals surface area contributed by atoms with Crippen molar-refractivity contribution in [3.05, 3.63) is 96.1 Å². The molecule has 0 saturated heterocycles. The topological polar surface area (TPSA) is 9.23 Å². The van der Waals surface area contributed by atoms with Gasteiger partial charge in [0.2, 0.25) is 0 Å². The van der Waals surface area contributed by atoms with Crippen molar-refractivity contribution in [1.29, 1.82) is 0 Å². The molecular formula is C20H16OS. The van der Waals surface area contributed by atoms with E-state index in [1.54, 1.807) is 0 Å². The minimum atomic E-state index is 0.0310. The molecule has 0 aliphatic carbocycles. The predicted octanol–water partition coefficient (Wildman–Crippen LogP) is 5.65. The Hall–Kier alpha value is -2.19. The highest BCUT2D eigenvalue weighted by molar-refractivity contribution is 7.99. The molecule has 22 heavy (non-hydrogen) atoms. The van der Waals surface area contributed by atoms with Gasteiger partial charge in [-0.05, 0) is 23.3 Å². The van der Waals surface area contributed by atoms with Gasteiger partial charge in [-0.1, -0.05) is 72.8 Å². The van der Waals surface area contributed by atoms with Gasteiger partial charge < -0.3 is 4.74 Å². The summed E-state index contributed by atoms with van der Waals surface area (Å²) in [6, 6.07) is 29.4. The second-order valence-corrected chi connectivity index (χ2v) is 6.53. The lowest BCUT2D eigenvalue weighted by atomic mass is 10.0. The van der Waals surface area contributed by atoms with Crippen LogP contribution in [0, 0.1) is 0 Å². The lowest BCUT2D eigenvalue weighted by Crippen LogP contribution is -2.19. The van der Waals surface area contributed by atoms with Gasteiger partial charge in [0.25, 0.3) is 0 Å². The third-order valence-corrected chi connectivity index (χ3v) is 5.25. The van der Waals surface area contributed by atoms with E-state index in [1.807, 2.05) is 23.9 Å². The van der Waals surface area contributed by atoms with Gasteiger partial charge in [0, 0.05) is 0 Å². The summed E-state index contributed by atoms with van der Waals surface area (Å²) in [5.74, 6) is 0.980. The molecule has 4 rings (SSSR count). The maximum absolute atomic E-state index is 6.36. The van der Waals surface area contributed by atoms with E-state index in [0.717, 1.165) is 5.75 Å². The smallest absolute Gasteiger partial charge is 0.140 e. The molecule has 108 valence electrons. The largest absolute Gasteiger partial charge is 0.483 e. The van der Waals surface area contributed by atoms with E-state index >= 15 is 0 Å². The lowest BCUT2D eigenvalue weighted by Gasteiger charge is -2.33. The molecule has 3 aromatic rings. The summed E-state index contributed by atoms with van der Waals surface area (Å²) in [5.41, 5.74) is 2.52. The molecule has 0 spiro atoms. The molecule has 1 heterocycles. The zero-order valence-corrected chi connectivity index (χ0v) is 12.9. The average Bonchev–Trinajstić information content (AvgIpc) is 2.62. The van der Waals surface area contributed by atoms with Crippen LogP contribution in [-0.2, 0) is 0 Å². The molecule has 1 nitrogen and oxygen atoms in total. The summed E-state index contributed by atoms with van der Waals surface area (Å²) in [7, 11) is 0. The summed E-state index contributed by atoms with van der Waals surface area (Å²) in [4.78, 5) is 1.21. The normalized spacial score (nSPS) is 20.0. The van der Waals surface area contributed by atoms with Crippen molar-refractivity contribution in [3.8, 4) is 5.75 Å². The second-order valence-electron chi connectivity index (χ2n) is 5.35. The fourth-order valence-corrected chi connectivity index (χ4v) is 4.11. The highest BCUT2D eigenvalue weighted by Crippen LogP contribution is 2.52. The third-order valence-electron chi connectivity index (χ3n) is 3.89. The van der Waals surface area contributed by atoms with Crippen molar-refractivity contribution in [2.45, 2.75) is 16.2 Å². The van der Waals surface area contributed by atoms with Gasteiger partial charge in [0.15, 0.2) is 0 Å². The summed E-state index contributed by atoms with van der Waals surface area (Å²) >= 11 is 1.89. The summed E-state index contributed by atoms with van der Waals surface area (Å²) in [5, 5.41) is 0.262. The van der Waals surface area contributed by atoms with Gasteiger partial charge >= 0.3 is 0 Å². The molecule has 0 bridgehead atoms. The fourth-order valence-electron chi connectivity index (χ4n) is 2.81. The van der Waals surface area contributed by atoms with Crippen LogP contribution in [-0.4, -0.2) is 0 Å². The zero-order chi connectivity index (χ0) is 14.8. The Balaban J connectivity index is 1.79. The minimum Gasteiger partial charge on any atom is -0.483 e. The molecule has 2 atom stereocenters. The van der Waals surface area contributed by atoms with Crippen molar-refractivity contribution in [2.24, 2.45) is 0 Å². The molecule has 0 amide bonds. The Morgan fingerprint density at radius 1 is 0.636 bits per heavy atom. The maximum Gasteiger partial charge on any atom is 0.140 e. The minimum absolute atomic E-state index is 0.0310. The van der Waals surface area contributed by atoms with Crippen LogP contribution >= 0.6 is 11.8 Å². The first-order chi connectivity index (χ1) is 10.9. The Morgan fingerprint density at radius 2 is 1.23 bits per heavy atom. The monoisotopic (exact) mass is 304 g/mol. The predicted molar refractivity (Wildman–Crippen MR) is 91.3 cm³/mol. The Kier molecular flexibility index (Phi) is 3.61. The molecule has 3 aromatic carbocycles. The van der Waals surface area contributed by atoms with Crippen molar-refractivity contribution in [2.75, 3.05) is 0 Å². The SMILES string of the molecule is c1ccc([C@H]2Oc3ccccc3S[C@H]2c2ccccc2)cc1. The van der Waals surface area contributed by atoms with Crippen LogP contribution in [0.4, 0.5) is 0 Å². The van der Waals surface area contributed by atoms with E-state index in [0.29, 0.717) is 0 Å². The van der Waals surface area contributed by atoms with Crippen molar-refractivity contribution >= 4 is 11.8 Å². The summed E-state index contributed by atoms with van der Waals surface area (Å²) < 4.78 is 6.36. The van der Waals surface area contributed by atoms with Gasteiger partial charge in [0.1, 0.15) is 11.9 Å². The van der Waals surface area contributed by atoms with Crippen molar-refractivity contribution < 1.29 is 4.74 Å². The zero-order valence-electron chi connectivity index (χ0n) is 12.1. The number of benzene rings is 3. The quantitative estimate of drug-likeness (QED) is 0.604. The van der Waals surface area contributed by atoms with Gasteiger partial charge in [-0.25, -0.2) is 0 Å². The van der Waals surface area contributed by atoms with E-state index in [1.165, 1.54) is 16.0 Å². The second kappa shape index (κ2) is 5.90. The number of hydrogen-bond acceptors (Lipinski definition) is 2. The van der Waals surface area contributed by atoms with Crippen molar-refractivity contribution in [3.63, 3.8) is 0 Å². The van der Waals surface area contributed by atoms with E-state index in [9.17, 15) is 0 Å². The Morgan fingerprint density at radius 3 is 1.95 bits per heavy atom. The average molecular weight is 304 g/mol. The van der Waals surface area contributed by atoms with Gasteiger partial charge in [-0.15, -0.1) is 11.8 Å². The molecule has 2 heteroatoms. The first-order valence-electron chi connectivity index (χ1n) is 7.44. The first kappa shape index (κ1) is 13.5. The molecule has 0 fully saturated rings. The molecule has 1 aliphatic rings. The molecule has 0 N–H and O–H groups in total. The number of para-hydroxylation sites is 1. The highest BCUT2D eigenvalue weighted by Gasteiger charge is 2.32. The molecule has 0 saturated carbocycles. The number of fused-ring (bicyclic) bond motifs is 1. The van der Waals surface area contributed by atoms with Crippen LogP contribution in [0.2, 0.25) is 0 Å². The van der Waals surface area contributed by atoms with E-state index < -0.39 is 0 Å². The number of thioether (sulfide) groups is 1. The van der Waals surface area contributed by atoms with Crippen LogP contribution in [0.3, 0.4) is 0 Å². The standard InChI is InChI=1S/C20H16OS/c1-3-9-15(10-4-1)19-20(16-11-5-2-6-12-16)22-18-14-8-7-13-17(18)21-19/h1-14,19-20H/t19-,20+/m1/s1. The number of hydrogen-bond donors (Lipinski definition) is 0. The summed E-state index contributed by atoms with van der Waals surface area (Å²) in [6.07, 6.45) is 0.0310. The van der Waals surface area contributed by atoms with Crippen LogP contribution in [0.15, 0.2) is 89.8 Å². The molecule has 0 unspecified atom stereocenters. The van der Waals surface area contributed by atoms with Gasteiger partial charge in [0.05, 0.1) is 10.1 Å². The van der Waals surface area contributed by atoms with Gasteiger partial charge in [-0.3, -0.25) is 0 Å². The van der Waals surface area contributed by atoms with E-state index in [-0.39, 0.29) is 11.4 Å². The fraction of sp³-hybridized carbons (Fsp3) is 0.100. The van der Waals surface area contributed by atoms with E-state index in [4.69, 9.17) is 4.74 Å². The lowest BCUT2D eigenvalue weighted by molar-refractivity contribution is 0.191. The first-order valence-corrected chi connectivity index (χ1v) is 8.32. The summed E-state index contributed by atoms with van der Waals surface area (Å²) in [6.45, 7) is 0. The highest BCUT2D eigenvalue weighted by atomic mass is 32.2. The third kappa shape index (κ3) is 2.51. The Bertz CT molecular complexity index is 688. The number of rotatable bonds is 2. The van der Waals surface area contributed by atoms with Crippen molar-refractivity contribution in [1.82, 2.24) is 0 Å². The van der Waals surface area contributed by atoms with Crippen LogP contribution in [0.25, 0.3) is 0 Å². The van der Waals surface area contributed by atoms with E-state index in [2.05, 4.69) is 72.8 Å². The Labute approximate surface area is 135 Å². The molecule has 0 aromatic heterocycles. The van der Waals surface area contributed by atoms with Crippen LogP contribution in [0.5, 0.6) is 5.75 Å². The molecular weight excluding hydrogens is 288 g/mol. The van der Waals surface area contributed by atoms with Gasteiger partial charge in [-0.2, -0.15) is 0 Å². The van der Waals surface area contributed by atoms with Crippen LogP contribution in [0.1, 0.15) is 22.5 Å². The van der Waals surface area contributed by atoms with Crippen LogP contribution < -0.4 is 4.74 Å². The molecule has 1 aliphatic heterocycles. The molecule has 0 radical (unpaired) electrons. The maximum atomic E-state index is 6.36.